The van der Waals surface area contributed by atoms with Gasteiger partial charge in [0.05, 0.1) is 31.5 Å². The highest BCUT2D eigenvalue weighted by Crippen LogP contribution is 2.37. The number of methoxy groups -OCH3 is 1. The molecule has 0 N–H and O–H groups in total. The highest BCUT2D eigenvalue weighted by atomic mass is 32.1. The number of rotatable bonds is 3. The normalized spacial score (nSPS) is 14.0. The zero-order valence-corrected chi connectivity index (χ0v) is 12.6. The number of hydrogen-bond donors (Lipinski definition) is 0. The third-order valence-corrected chi connectivity index (χ3v) is 4.18. The van der Waals surface area contributed by atoms with Gasteiger partial charge >= 0.3 is 5.97 Å². The van der Waals surface area contributed by atoms with E-state index < -0.39 is 0 Å². The summed E-state index contributed by atoms with van der Waals surface area (Å²) >= 11 is 1.53. The second-order valence-electron chi connectivity index (χ2n) is 4.70. The van der Waals surface area contributed by atoms with E-state index in [0.717, 1.165) is 35.2 Å². The first-order valence-electron chi connectivity index (χ1n) is 6.78. The third-order valence-electron chi connectivity index (χ3n) is 3.26. The Balaban J connectivity index is 1.88. The van der Waals surface area contributed by atoms with Gasteiger partial charge in [-0.1, -0.05) is 12.1 Å². The van der Waals surface area contributed by atoms with E-state index in [1.165, 1.54) is 18.4 Å². The van der Waals surface area contributed by atoms with E-state index in [4.69, 9.17) is 4.74 Å². The van der Waals surface area contributed by atoms with Crippen LogP contribution >= 0.6 is 11.3 Å². The summed E-state index contributed by atoms with van der Waals surface area (Å²) in [5.41, 5.74) is 1.76. The van der Waals surface area contributed by atoms with Crippen LogP contribution in [-0.4, -0.2) is 31.2 Å². The molecule has 0 unspecified atom stereocenters. The van der Waals surface area contributed by atoms with Gasteiger partial charge in [0, 0.05) is 11.9 Å². The van der Waals surface area contributed by atoms with Crippen molar-refractivity contribution in [1.82, 2.24) is 4.98 Å². The number of anilines is 2. The molecule has 0 atom stereocenters. The highest BCUT2D eigenvalue weighted by molar-refractivity contribution is 7.13. The number of thiazole rings is 1. The molecule has 3 rings (SSSR count). The van der Waals surface area contributed by atoms with Crippen molar-refractivity contribution in [3.63, 3.8) is 0 Å². The van der Waals surface area contributed by atoms with Gasteiger partial charge in [-0.2, -0.15) is 0 Å². The molecule has 1 aromatic heterocycles. The first-order valence-corrected chi connectivity index (χ1v) is 7.66. The van der Waals surface area contributed by atoms with E-state index in [-0.39, 0.29) is 12.4 Å². The molecule has 0 saturated heterocycles. The van der Waals surface area contributed by atoms with E-state index in [9.17, 15) is 4.79 Å². The Morgan fingerprint density at radius 3 is 3.19 bits per heavy atom. The Morgan fingerprint density at radius 1 is 1.48 bits per heavy atom. The molecule has 1 aliphatic heterocycles. The molecule has 2 heterocycles. The first kappa shape index (κ1) is 13.9. The molecular weight excluding hydrogens is 288 g/mol. The van der Waals surface area contributed by atoms with Crippen LogP contribution < -0.4 is 9.64 Å². The number of fused-ring (bicyclic) bond motifs is 1. The minimum atomic E-state index is -0.272. The Labute approximate surface area is 127 Å². The van der Waals surface area contributed by atoms with Gasteiger partial charge in [-0.15, -0.1) is 11.3 Å². The maximum atomic E-state index is 11.3. The summed E-state index contributed by atoms with van der Waals surface area (Å²) in [7, 11) is 1.39. The summed E-state index contributed by atoms with van der Waals surface area (Å²) in [6, 6.07) is 7.95. The molecule has 0 spiro atoms. The van der Waals surface area contributed by atoms with Crippen molar-refractivity contribution in [2.45, 2.75) is 12.8 Å². The smallest absolute Gasteiger partial charge is 0.311 e. The third kappa shape index (κ3) is 3.00. The van der Waals surface area contributed by atoms with Gasteiger partial charge in [0.1, 0.15) is 5.75 Å². The number of carbonyl (C=O) groups excluding carboxylic acids is 1. The van der Waals surface area contributed by atoms with Crippen molar-refractivity contribution in [2.75, 3.05) is 25.2 Å². The van der Waals surface area contributed by atoms with Crippen LogP contribution in [0, 0.1) is 0 Å². The molecule has 2 aromatic rings. The van der Waals surface area contributed by atoms with Crippen molar-refractivity contribution in [3.05, 3.63) is 35.3 Å². The van der Waals surface area contributed by atoms with Crippen molar-refractivity contribution >= 4 is 28.1 Å². The molecule has 0 bridgehead atoms. The first-order chi connectivity index (χ1) is 10.3. The number of hydrogen-bond acceptors (Lipinski definition) is 6. The lowest BCUT2D eigenvalue weighted by Gasteiger charge is -2.20. The van der Waals surface area contributed by atoms with Crippen molar-refractivity contribution < 1.29 is 14.3 Å². The Morgan fingerprint density at radius 2 is 2.33 bits per heavy atom. The van der Waals surface area contributed by atoms with Crippen LogP contribution in [0.3, 0.4) is 0 Å². The summed E-state index contributed by atoms with van der Waals surface area (Å²) < 4.78 is 10.4. The van der Waals surface area contributed by atoms with Crippen molar-refractivity contribution in [2.24, 2.45) is 0 Å². The van der Waals surface area contributed by atoms with Gasteiger partial charge in [0.25, 0.3) is 0 Å². The van der Waals surface area contributed by atoms with Crippen LogP contribution in [0.2, 0.25) is 0 Å². The quantitative estimate of drug-likeness (QED) is 0.816. The maximum absolute atomic E-state index is 11.3. The number of para-hydroxylation sites is 2. The van der Waals surface area contributed by atoms with E-state index in [2.05, 4.69) is 14.6 Å². The van der Waals surface area contributed by atoms with Crippen LogP contribution in [0.25, 0.3) is 0 Å². The molecule has 5 nitrogen and oxygen atoms in total. The topological polar surface area (TPSA) is 51.7 Å². The van der Waals surface area contributed by atoms with Crippen molar-refractivity contribution in [3.8, 4) is 5.75 Å². The van der Waals surface area contributed by atoms with Gasteiger partial charge in [-0.25, -0.2) is 4.98 Å². The molecule has 1 aromatic carbocycles. The van der Waals surface area contributed by atoms with Gasteiger partial charge in [0.15, 0.2) is 5.13 Å². The fourth-order valence-electron chi connectivity index (χ4n) is 2.25. The van der Waals surface area contributed by atoms with Gasteiger partial charge < -0.3 is 14.4 Å². The maximum Gasteiger partial charge on any atom is 0.311 e. The molecule has 21 heavy (non-hydrogen) atoms. The second-order valence-corrected chi connectivity index (χ2v) is 5.53. The van der Waals surface area contributed by atoms with E-state index >= 15 is 0 Å². The molecule has 6 heteroatoms. The zero-order valence-electron chi connectivity index (χ0n) is 11.7. The van der Waals surface area contributed by atoms with Crippen LogP contribution in [0.1, 0.15) is 12.1 Å². The van der Waals surface area contributed by atoms with Crippen LogP contribution in [0.5, 0.6) is 5.75 Å². The summed E-state index contributed by atoms with van der Waals surface area (Å²) in [5.74, 6) is 0.603. The highest BCUT2D eigenvalue weighted by Gasteiger charge is 2.20. The SMILES string of the molecule is COC(=O)Cc1csc(N2CCCOc3ccccc32)n1. The van der Waals surface area contributed by atoms with Gasteiger partial charge in [-0.3, -0.25) is 4.79 Å². The lowest BCUT2D eigenvalue weighted by atomic mass is 10.2. The molecule has 0 fully saturated rings. The number of nitrogens with zero attached hydrogens (tertiary/aromatic N) is 2. The van der Waals surface area contributed by atoms with Gasteiger partial charge in [0.2, 0.25) is 0 Å². The average molecular weight is 304 g/mol. The van der Waals surface area contributed by atoms with Gasteiger partial charge in [-0.05, 0) is 18.6 Å². The summed E-state index contributed by atoms with van der Waals surface area (Å²) in [4.78, 5) is 18.0. The molecule has 0 amide bonds. The number of aromatic nitrogens is 1. The summed E-state index contributed by atoms with van der Waals surface area (Å²) in [6.45, 7) is 1.55. The largest absolute Gasteiger partial charge is 0.491 e. The lowest BCUT2D eigenvalue weighted by Crippen LogP contribution is -2.17. The number of benzene rings is 1. The second kappa shape index (κ2) is 6.13. The molecule has 0 aliphatic carbocycles. The van der Waals surface area contributed by atoms with E-state index in [1.807, 2.05) is 29.6 Å². The molecule has 0 radical (unpaired) electrons. The Bertz CT molecular complexity index is 641. The molecule has 1 aliphatic rings. The van der Waals surface area contributed by atoms with E-state index in [0.29, 0.717) is 6.61 Å². The predicted octanol–water partition coefficient (Wildman–Crippen LogP) is 2.78. The molecular formula is C15H16N2O3S. The summed E-state index contributed by atoms with van der Waals surface area (Å²) in [5, 5.41) is 2.78. The standard InChI is InChI=1S/C15H16N2O3S/c1-19-14(18)9-11-10-21-15(16-11)17-7-4-8-20-13-6-3-2-5-12(13)17/h2-3,5-6,10H,4,7-9H2,1H3. The number of esters is 1. The van der Waals surface area contributed by atoms with Crippen LogP contribution in [-0.2, 0) is 16.0 Å². The molecule has 110 valence electrons. The lowest BCUT2D eigenvalue weighted by molar-refractivity contribution is -0.139. The Kier molecular flexibility index (Phi) is 4.06. The predicted molar refractivity (Wildman–Crippen MR) is 81.4 cm³/mol. The minimum Gasteiger partial charge on any atom is -0.491 e. The number of carbonyl (C=O) groups is 1. The zero-order chi connectivity index (χ0) is 14.7. The Hall–Kier alpha value is -2.08. The number of ether oxygens (including phenoxy) is 2. The summed E-state index contributed by atoms with van der Waals surface area (Å²) in [6.07, 6.45) is 1.14. The van der Waals surface area contributed by atoms with E-state index in [1.54, 1.807) is 0 Å². The van der Waals surface area contributed by atoms with Crippen LogP contribution in [0.15, 0.2) is 29.6 Å². The fourth-order valence-corrected chi connectivity index (χ4v) is 3.11. The monoisotopic (exact) mass is 304 g/mol. The molecule has 0 saturated carbocycles. The minimum absolute atomic E-state index is 0.207. The van der Waals surface area contributed by atoms with Crippen molar-refractivity contribution in [1.29, 1.82) is 0 Å². The average Bonchev–Trinajstić information content (AvgIpc) is 2.85. The van der Waals surface area contributed by atoms with Crippen LogP contribution in [0.4, 0.5) is 10.8 Å². The fraction of sp³-hybridized carbons (Fsp3) is 0.333.